The van der Waals surface area contributed by atoms with Crippen molar-refractivity contribution < 1.29 is 19.5 Å². The van der Waals surface area contributed by atoms with Crippen LogP contribution in [0.3, 0.4) is 0 Å². The fourth-order valence-corrected chi connectivity index (χ4v) is 3.95. The zero-order chi connectivity index (χ0) is 23.4. The summed E-state index contributed by atoms with van der Waals surface area (Å²) in [6.45, 7) is 13.3. The Bertz CT molecular complexity index is 666. The first-order valence-corrected chi connectivity index (χ1v) is 10.9. The Morgan fingerprint density at radius 3 is 2.23 bits per heavy atom. The molecule has 7 nitrogen and oxygen atoms in total. The van der Waals surface area contributed by atoms with Crippen molar-refractivity contribution in [2.24, 2.45) is 11.3 Å². The highest BCUT2D eigenvalue weighted by Crippen LogP contribution is 2.26. The SMILES string of the molecule is CC(=C[C@H](C(C)C)N(C)C(=O)[C@@H](NC(=O)C1CCC[C@@H](C)N1C)C(C)(C)C)C(=O)O. The van der Waals surface area contributed by atoms with E-state index < -0.39 is 17.4 Å². The highest BCUT2D eigenvalue weighted by Gasteiger charge is 2.39. The molecule has 1 saturated heterocycles. The summed E-state index contributed by atoms with van der Waals surface area (Å²) in [6.07, 6.45) is 4.45. The Labute approximate surface area is 181 Å². The molecule has 0 spiro atoms. The van der Waals surface area contributed by atoms with Gasteiger partial charge in [-0.25, -0.2) is 4.79 Å². The summed E-state index contributed by atoms with van der Waals surface area (Å²) in [6, 6.07) is -1.00. The molecule has 1 fully saturated rings. The summed E-state index contributed by atoms with van der Waals surface area (Å²) in [5, 5.41) is 12.3. The van der Waals surface area contributed by atoms with E-state index in [1.807, 2.05) is 41.7 Å². The van der Waals surface area contributed by atoms with E-state index in [1.165, 1.54) is 6.92 Å². The van der Waals surface area contributed by atoms with Crippen LogP contribution < -0.4 is 5.32 Å². The Balaban J connectivity index is 3.12. The third-order valence-electron chi connectivity index (χ3n) is 6.22. The fourth-order valence-electron chi connectivity index (χ4n) is 3.95. The van der Waals surface area contributed by atoms with Gasteiger partial charge in [0.15, 0.2) is 0 Å². The van der Waals surface area contributed by atoms with Crippen LogP contribution in [0.25, 0.3) is 0 Å². The Morgan fingerprint density at radius 1 is 1.20 bits per heavy atom. The van der Waals surface area contributed by atoms with Gasteiger partial charge in [-0.2, -0.15) is 0 Å². The molecule has 0 aliphatic carbocycles. The van der Waals surface area contributed by atoms with Crippen molar-refractivity contribution in [2.45, 2.75) is 91.9 Å². The number of carbonyl (C=O) groups is 3. The number of carbonyl (C=O) groups excluding carboxylic acids is 2. The molecular formula is C23H41N3O4. The predicted molar refractivity (Wildman–Crippen MR) is 119 cm³/mol. The number of carboxylic acid groups (broad SMARTS) is 1. The summed E-state index contributed by atoms with van der Waals surface area (Å²) in [5.41, 5.74) is -0.296. The minimum absolute atomic E-state index is 0.0231. The lowest BCUT2D eigenvalue weighted by atomic mass is 9.84. The molecule has 0 bridgehead atoms. The maximum Gasteiger partial charge on any atom is 0.331 e. The Kier molecular flexibility index (Phi) is 9.08. The van der Waals surface area contributed by atoms with E-state index in [1.54, 1.807) is 18.0 Å². The third-order valence-corrected chi connectivity index (χ3v) is 6.22. The second kappa shape index (κ2) is 10.4. The largest absolute Gasteiger partial charge is 0.478 e. The number of amides is 2. The predicted octanol–water partition coefficient (Wildman–Crippen LogP) is 2.90. The molecule has 1 unspecified atom stereocenters. The van der Waals surface area contributed by atoms with Gasteiger partial charge in [-0.15, -0.1) is 0 Å². The van der Waals surface area contributed by atoms with E-state index in [4.69, 9.17) is 0 Å². The number of nitrogens with one attached hydrogen (secondary N) is 1. The molecule has 4 atom stereocenters. The van der Waals surface area contributed by atoms with Gasteiger partial charge in [-0.1, -0.05) is 40.7 Å². The molecule has 2 N–H and O–H groups in total. The van der Waals surface area contributed by atoms with E-state index in [9.17, 15) is 19.5 Å². The maximum absolute atomic E-state index is 13.5. The first kappa shape index (κ1) is 26.1. The number of hydrogen-bond donors (Lipinski definition) is 2. The molecule has 1 heterocycles. The zero-order valence-electron chi connectivity index (χ0n) is 20.2. The van der Waals surface area contributed by atoms with E-state index in [-0.39, 0.29) is 35.4 Å². The first-order valence-electron chi connectivity index (χ1n) is 10.9. The summed E-state index contributed by atoms with van der Waals surface area (Å²) < 4.78 is 0. The lowest BCUT2D eigenvalue weighted by Gasteiger charge is -2.40. The van der Waals surface area contributed by atoms with Crippen LogP contribution in [-0.2, 0) is 14.4 Å². The topological polar surface area (TPSA) is 90.0 Å². The normalized spacial score (nSPS) is 23.1. The van der Waals surface area contributed by atoms with Gasteiger partial charge in [0.05, 0.1) is 12.1 Å². The molecule has 2 amide bonds. The average molecular weight is 424 g/mol. The van der Waals surface area contributed by atoms with Crippen LogP contribution in [0.4, 0.5) is 0 Å². The number of likely N-dealkylation sites (N-methyl/N-ethyl adjacent to an activating group) is 2. The van der Waals surface area contributed by atoms with Gasteiger partial charge in [-0.05, 0) is 51.5 Å². The summed E-state index contributed by atoms with van der Waals surface area (Å²) in [5.74, 6) is -1.31. The van der Waals surface area contributed by atoms with Crippen LogP contribution in [0.1, 0.15) is 67.7 Å². The van der Waals surface area contributed by atoms with Crippen molar-refractivity contribution >= 4 is 17.8 Å². The summed E-state index contributed by atoms with van der Waals surface area (Å²) in [7, 11) is 3.64. The van der Waals surface area contributed by atoms with E-state index in [2.05, 4.69) is 17.1 Å². The van der Waals surface area contributed by atoms with Crippen LogP contribution in [-0.4, -0.2) is 71.0 Å². The first-order chi connectivity index (χ1) is 13.7. The van der Waals surface area contributed by atoms with Gasteiger partial charge in [0.2, 0.25) is 11.8 Å². The highest BCUT2D eigenvalue weighted by atomic mass is 16.4. The fraction of sp³-hybridized carbons (Fsp3) is 0.783. The van der Waals surface area contributed by atoms with E-state index in [0.29, 0.717) is 6.04 Å². The number of hydrogen-bond acceptors (Lipinski definition) is 4. The number of nitrogens with zero attached hydrogens (tertiary/aromatic N) is 2. The number of rotatable bonds is 7. The molecule has 0 aromatic heterocycles. The minimum Gasteiger partial charge on any atom is -0.478 e. The highest BCUT2D eigenvalue weighted by molar-refractivity contribution is 5.91. The van der Waals surface area contributed by atoms with Gasteiger partial charge in [0.1, 0.15) is 6.04 Å². The number of aliphatic carboxylic acids is 1. The number of piperidine rings is 1. The van der Waals surface area contributed by atoms with Crippen molar-refractivity contribution in [3.8, 4) is 0 Å². The minimum atomic E-state index is -1.00. The van der Waals surface area contributed by atoms with Crippen molar-refractivity contribution in [3.05, 3.63) is 11.6 Å². The molecule has 30 heavy (non-hydrogen) atoms. The lowest BCUT2D eigenvalue weighted by Crippen LogP contribution is -2.60. The molecule has 0 radical (unpaired) electrons. The van der Waals surface area contributed by atoms with Crippen molar-refractivity contribution in [1.82, 2.24) is 15.1 Å². The molecule has 1 aliphatic heterocycles. The van der Waals surface area contributed by atoms with Crippen molar-refractivity contribution in [2.75, 3.05) is 14.1 Å². The summed E-state index contributed by atoms with van der Waals surface area (Å²) in [4.78, 5) is 41.5. The van der Waals surface area contributed by atoms with Crippen LogP contribution >= 0.6 is 0 Å². The second-order valence-corrected chi connectivity index (χ2v) is 10.1. The molecule has 7 heteroatoms. The van der Waals surface area contributed by atoms with Crippen LogP contribution in [0.5, 0.6) is 0 Å². The Morgan fingerprint density at radius 2 is 1.77 bits per heavy atom. The molecule has 0 saturated carbocycles. The molecule has 0 aromatic carbocycles. The van der Waals surface area contributed by atoms with Crippen LogP contribution in [0.15, 0.2) is 11.6 Å². The Hall–Kier alpha value is -1.89. The van der Waals surface area contributed by atoms with Crippen molar-refractivity contribution in [1.29, 1.82) is 0 Å². The monoisotopic (exact) mass is 423 g/mol. The van der Waals surface area contributed by atoms with Crippen LogP contribution in [0.2, 0.25) is 0 Å². The zero-order valence-corrected chi connectivity index (χ0v) is 20.2. The second-order valence-electron chi connectivity index (χ2n) is 10.1. The quantitative estimate of drug-likeness (QED) is 0.615. The average Bonchev–Trinajstić information content (AvgIpc) is 2.63. The van der Waals surface area contributed by atoms with E-state index >= 15 is 0 Å². The van der Waals surface area contributed by atoms with Crippen molar-refractivity contribution in [3.63, 3.8) is 0 Å². The standard InChI is InChI=1S/C23H41N3O4/c1-14(2)18(13-15(3)22(29)30)26(9)21(28)19(23(5,6)7)24-20(27)17-12-10-11-16(4)25(17)8/h13-14,16-19H,10-12H2,1-9H3,(H,24,27)(H,29,30)/t16-,17?,18-,19-/m1/s1. The smallest absolute Gasteiger partial charge is 0.331 e. The molecule has 172 valence electrons. The molecular weight excluding hydrogens is 382 g/mol. The maximum atomic E-state index is 13.5. The van der Waals surface area contributed by atoms with E-state index in [0.717, 1.165) is 19.3 Å². The molecule has 1 rings (SSSR count). The lowest BCUT2D eigenvalue weighted by molar-refractivity contribution is -0.142. The number of carboxylic acids is 1. The van der Waals surface area contributed by atoms with Gasteiger partial charge in [0, 0.05) is 18.7 Å². The molecule has 1 aliphatic rings. The summed E-state index contributed by atoms with van der Waals surface area (Å²) >= 11 is 0. The molecule has 0 aromatic rings. The van der Waals surface area contributed by atoms with Gasteiger partial charge in [-0.3, -0.25) is 14.5 Å². The van der Waals surface area contributed by atoms with Gasteiger partial charge < -0.3 is 15.3 Å². The van der Waals surface area contributed by atoms with Gasteiger partial charge in [0.25, 0.3) is 0 Å². The number of likely N-dealkylation sites (tertiary alicyclic amines) is 1. The van der Waals surface area contributed by atoms with Crippen LogP contribution in [0, 0.1) is 11.3 Å². The third kappa shape index (κ3) is 6.56. The van der Waals surface area contributed by atoms with Gasteiger partial charge >= 0.3 is 5.97 Å².